The number of carbonyl (C=O) groups excluding carboxylic acids is 1. The molecule has 2 aliphatic heterocycles. The molecule has 0 spiro atoms. The number of nitrogens with zero attached hydrogens (tertiary/aromatic N) is 2. The standard InChI is InChI=1S/C14H20N4O/c19-14-17-13(12-6-2-4-8-16-12)10-18(14)9-11-5-1-3-7-15-11/h2,4,6,8,11,13,15H,1,3,5,7,9-10H2,(H,17,19). The summed E-state index contributed by atoms with van der Waals surface area (Å²) in [6, 6.07) is 6.32. The molecule has 0 bridgehead atoms. The zero-order valence-electron chi connectivity index (χ0n) is 11.0. The van der Waals surface area contributed by atoms with Crippen molar-refractivity contribution in [3.05, 3.63) is 30.1 Å². The average Bonchev–Trinajstić information content (AvgIpc) is 2.82. The molecule has 1 aromatic heterocycles. The van der Waals surface area contributed by atoms with Gasteiger partial charge >= 0.3 is 6.03 Å². The van der Waals surface area contributed by atoms with Crippen molar-refractivity contribution in [2.75, 3.05) is 19.6 Å². The lowest BCUT2D eigenvalue weighted by atomic mass is 10.0. The normalized spacial score (nSPS) is 27.4. The van der Waals surface area contributed by atoms with Gasteiger partial charge in [0.2, 0.25) is 0 Å². The second kappa shape index (κ2) is 5.57. The highest BCUT2D eigenvalue weighted by atomic mass is 16.2. The quantitative estimate of drug-likeness (QED) is 0.861. The van der Waals surface area contributed by atoms with Gasteiger partial charge in [-0.05, 0) is 31.5 Å². The zero-order chi connectivity index (χ0) is 13.1. The summed E-state index contributed by atoms with van der Waals surface area (Å²) in [5.41, 5.74) is 0.940. The molecular weight excluding hydrogens is 240 g/mol. The van der Waals surface area contributed by atoms with Gasteiger partial charge in [-0.1, -0.05) is 12.5 Å². The van der Waals surface area contributed by atoms with E-state index in [0.29, 0.717) is 12.6 Å². The van der Waals surface area contributed by atoms with E-state index in [9.17, 15) is 4.79 Å². The van der Waals surface area contributed by atoms with Crippen LogP contribution < -0.4 is 10.6 Å². The van der Waals surface area contributed by atoms with Gasteiger partial charge in [-0.15, -0.1) is 0 Å². The van der Waals surface area contributed by atoms with E-state index in [4.69, 9.17) is 0 Å². The van der Waals surface area contributed by atoms with Crippen molar-refractivity contribution >= 4 is 6.03 Å². The molecule has 19 heavy (non-hydrogen) atoms. The molecule has 102 valence electrons. The van der Waals surface area contributed by atoms with Crippen molar-refractivity contribution in [2.45, 2.75) is 31.3 Å². The summed E-state index contributed by atoms with van der Waals surface area (Å²) in [4.78, 5) is 18.2. The zero-order valence-corrected chi connectivity index (χ0v) is 11.0. The van der Waals surface area contributed by atoms with Crippen molar-refractivity contribution < 1.29 is 4.79 Å². The lowest BCUT2D eigenvalue weighted by molar-refractivity contribution is 0.207. The molecule has 2 amide bonds. The molecule has 2 saturated heterocycles. The number of hydrogen-bond donors (Lipinski definition) is 2. The number of piperidine rings is 1. The maximum Gasteiger partial charge on any atom is 0.318 e. The molecule has 0 saturated carbocycles. The van der Waals surface area contributed by atoms with Crippen molar-refractivity contribution in [1.82, 2.24) is 20.5 Å². The number of rotatable bonds is 3. The minimum absolute atomic E-state index is 0.0253. The lowest BCUT2D eigenvalue weighted by Gasteiger charge is -2.27. The number of hydrogen-bond acceptors (Lipinski definition) is 3. The number of carbonyl (C=O) groups is 1. The number of pyridine rings is 1. The number of amides is 2. The van der Waals surface area contributed by atoms with Gasteiger partial charge in [0.1, 0.15) is 0 Å². The van der Waals surface area contributed by atoms with Crippen LogP contribution in [0.5, 0.6) is 0 Å². The van der Waals surface area contributed by atoms with Crippen LogP contribution in [0.15, 0.2) is 24.4 Å². The number of nitrogens with one attached hydrogen (secondary N) is 2. The van der Waals surface area contributed by atoms with Gasteiger partial charge in [-0.25, -0.2) is 4.79 Å². The van der Waals surface area contributed by atoms with Gasteiger partial charge in [0, 0.05) is 25.3 Å². The highest BCUT2D eigenvalue weighted by Crippen LogP contribution is 2.19. The van der Waals surface area contributed by atoms with E-state index >= 15 is 0 Å². The van der Waals surface area contributed by atoms with Crippen LogP contribution in [0.4, 0.5) is 4.79 Å². The number of aromatic nitrogens is 1. The summed E-state index contributed by atoms with van der Waals surface area (Å²) < 4.78 is 0. The van der Waals surface area contributed by atoms with E-state index in [1.807, 2.05) is 23.1 Å². The fourth-order valence-electron chi connectivity index (χ4n) is 2.84. The SMILES string of the molecule is O=C1NC(c2ccccn2)CN1CC1CCCCN1. The molecule has 5 nitrogen and oxygen atoms in total. The monoisotopic (exact) mass is 260 g/mol. The molecule has 5 heteroatoms. The molecule has 3 heterocycles. The molecule has 0 aliphatic carbocycles. The first-order valence-electron chi connectivity index (χ1n) is 7.02. The van der Waals surface area contributed by atoms with E-state index in [-0.39, 0.29) is 12.1 Å². The van der Waals surface area contributed by atoms with Gasteiger partial charge in [-0.2, -0.15) is 0 Å². The Bertz CT molecular complexity index is 430. The summed E-state index contributed by atoms with van der Waals surface area (Å²) in [5.74, 6) is 0. The van der Waals surface area contributed by atoms with Crippen LogP contribution in [-0.2, 0) is 0 Å². The van der Waals surface area contributed by atoms with Crippen LogP contribution in [0.3, 0.4) is 0 Å². The Hall–Kier alpha value is -1.62. The summed E-state index contributed by atoms with van der Waals surface area (Å²) in [6.45, 7) is 2.59. The van der Waals surface area contributed by atoms with Crippen molar-refractivity contribution in [2.24, 2.45) is 0 Å². The Morgan fingerprint density at radius 1 is 1.37 bits per heavy atom. The van der Waals surface area contributed by atoms with E-state index in [0.717, 1.165) is 25.2 Å². The number of urea groups is 1. The van der Waals surface area contributed by atoms with Crippen molar-refractivity contribution in [3.63, 3.8) is 0 Å². The highest BCUT2D eigenvalue weighted by Gasteiger charge is 2.31. The predicted molar refractivity (Wildman–Crippen MR) is 72.7 cm³/mol. The fraction of sp³-hybridized carbons (Fsp3) is 0.571. The third kappa shape index (κ3) is 2.87. The van der Waals surface area contributed by atoms with Crippen LogP contribution >= 0.6 is 0 Å². The molecular formula is C14H20N4O. The maximum atomic E-state index is 12.0. The third-order valence-electron chi connectivity index (χ3n) is 3.89. The molecule has 0 aromatic carbocycles. The molecule has 2 atom stereocenters. The Morgan fingerprint density at radius 3 is 3.05 bits per heavy atom. The summed E-state index contributed by atoms with van der Waals surface area (Å²) in [5, 5.41) is 6.49. The fourth-order valence-corrected chi connectivity index (χ4v) is 2.84. The Kier molecular flexibility index (Phi) is 3.64. The van der Waals surface area contributed by atoms with E-state index in [2.05, 4.69) is 15.6 Å². The van der Waals surface area contributed by atoms with Crippen molar-refractivity contribution in [3.8, 4) is 0 Å². The first-order valence-corrected chi connectivity index (χ1v) is 7.02. The summed E-state index contributed by atoms with van der Waals surface area (Å²) in [7, 11) is 0. The van der Waals surface area contributed by atoms with Gasteiger partial charge in [0.15, 0.2) is 0 Å². The second-order valence-corrected chi connectivity index (χ2v) is 5.31. The van der Waals surface area contributed by atoms with Crippen LogP contribution in [-0.4, -0.2) is 41.6 Å². The van der Waals surface area contributed by atoms with E-state index < -0.39 is 0 Å². The Morgan fingerprint density at radius 2 is 2.32 bits per heavy atom. The second-order valence-electron chi connectivity index (χ2n) is 5.31. The maximum absolute atomic E-state index is 12.0. The first-order chi connectivity index (χ1) is 9.33. The van der Waals surface area contributed by atoms with Crippen LogP contribution in [0.2, 0.25) is 0 Å². The highest BCUT2D eigenvalue weighted by molar-refractivity contribution is 5.77. The molecule has 2 aliphatic rings. The van der Waals surface area contributed by atoms with Gasteiger partial charge in [0.25, 0.3) is 0 Å². The average molecular weight is 260 g/mol. The molecule has 2 N–H and O–H groups in total. The topological polar surface area (TPSA) is 57.3 Å². The van der Waals surface area contributed by atoms with Crippen LogP contribution in [0, 0.1) is 0 Å². The molecule has 0 radical (unpaired) electrons. The largest absolute Gasteiger partial charge is 0.328 e. The smallest absolute Gasteiger partial charge is 0.318 e. The minimum atomic E-state index is 0.0253. The Balaban J connectivity index is 1.60. The van der Waals surface area contributed by atoms with E-state index in [1.54, 1.807) is 6.20 Å². The third-order valence-corrected chi connectivity index (χ3v) is 3.89. The molecule has 2 fully saturated rings. The van der Waals surface area contributed by atoms with Crippen LogP contribution in [0.1, 0.15) is 31.0 Å². The molecule has 3 rings (SSSR count). The minimum Gasteiger partial charge on any atom is -0.328 e. The predicted octanol–water partition coefficient (Wildman–Crippen LogP) is 1.29. The van der Waals surface area contributed by atoms with E-state index in [1.165, 1.54) is 12.8 Å². The van der Waals surface area contributed by atoms with Gasteiger partial charge in [0.05, 0.1) is 11.7 Å². The lowest BCUT2D eigenvalue weighted by Crippen LogP contribution is -2.44. The summed E-state index contributed by atoms with van der Waals surface area (Å²) >= 11 is 0. The summed E-state index contributed by atoms with van der Waals surface area (Å²) in [6.07, 6.45) is 5.45. The first kappa shape index (κ1) is 12.4. The molecule has 1 aromatic rings. The van der Waals surface area contributed by atoms with Crippen molar-refractivity contribution in [1.29, 1.82) is 0 Å². The van der Waals surface area contributed by atoms with Crippen LogP contribution in [0.25, 0.3) is 0 Å². The van der Waals surface area contributed by atoms with Gasteiger partial charge in [-0.3, -0.25) is 4.98 Å². The molecule has 2 unspecified atom stereocenters. The Labute approximate surface area is 113 Å². The van der Waals surface area contributed by atoms with Gasteiger partial charge < -0.3 is 15.5 Å².